The Morgan fingerprint density at radius 3 is 2.75 bits per heavy atom. The molecule has 3 heteroatoms. The van der Waals surface area contributed by atoms with Crippen LogP contribution in [0.25, 0.3) is 0 Å². The van der Waals surface area contributed by atoms with Crippen LogP contribution in [0.2, 0.25) is 0 Å². The van der Waals surface area contributed by atoms with E-state index in [0.717, 1.165) is 12.0 Å². The molecule has 3 nitrogen and oxygen atoms in total. The average Bonchev–Trinajstić information content (AvgIpc) is 2.29. The third-order valence-corrected chi connectivity index (χ3v) is 3.07. The fraction of sp³-hybridized carbons (Fsp3) is 0.538. The smallest absolute Gasteiger partial charge is 0.155 e. The van der Waals surface area contributed by atoms with Crippen molar-refractivity contribution in [3.8, 4) is 0 Å². The Hall–Kier alpha value is -1.22. The predicted molar refractivity (Wildman–Crippen MR) is 65.0 cm³/mol. The highest BCUT2D eigenvalue weighted by atomic mass is 16.1. The van der Waals surface area contributed by atoms with Gasteiger partial charge in [-0.2, -0.15) is 0 Å². The number of aromatic nitrogens is 1. The fourth-order valence-electron chi connectivity index (χ4n) is 1.54. The van der Waals surface area contributed by atoms with Crippen LogP contribution in [0.15, 0.2) is 24.5 Å². The molecule has 2 N–H and O–H groups in total. The predicted octanol–water partition coefficient (Wildman–Crippen LogP) is 1.96. The molecule has 1 heterocycles. The average molecular weight is 220 g/mol. The van der Waals surface area contributed by atoms with Gasteiger partial charge in [0.2, 0.25) is 0 Å². The third-order valence-electron chi connectivity index (χ3n) is 3.07. The third kappa shape index (κ3) is 3.14. The van der Waals surface area contributed by atoms with E-state index in [1.54, 1.807) is 12.4 Å². The van der Waals surface area contributed by atoms with Crippen molar-refractivity contribution in [3.63, 3.8) is 0 Å². The number of hydrogen-bond donors (Lipinski definition) is 1. The first-order chi connectivity index (χ1) is 7.47. The molecular formula is C13H20N2O. The van der Waals surface area contributed by atoms with Crippen molar-refractivity contribution in [3.05, 3.63) is 30.1 Å². The van der Waals surface area contributed by atoms with Gasteiger partial charge >= 0.3 is 0 Å². The molecule has 1 aromatic heterocycles. The van der Waals surface area contributed by atoms with Crippen LogP contribution in [-0.2, 0) is 11.2 Å². The van der Waals surface area contributed by atoms with E-state index >= 15 is 0 Å². The van der Waals surface area contributed by atoms with Gasteiger partial charge in [-0.05, 0) is 24.5 Å². The topological polar surface area (TPSA) is 56.0 Å². The van der Waals surface area contributed by atoms with Crippen molar-refractivity contribution >= 4 is 5.78 Å². The first kappa shape index (κ1) is 12.8. The van der Waals surface area contributed by atoms with Crippen molar-refractivity contribution in [2.24, 2.45) is 11.1 Å². The molecule has 16 heavy (non-hydrogen) atoms. The lowest BCUT2D eigenvalue weighted by molar-refractivity contribution is -0.128. The summed E-state index contributed by atoms with van der Waals surface area (Å²) < 4.78 is 0. The van der Waals surface area contributed by atoms with Gasteiger partial charge in [0.1, 0.15) is 0 Å². The highest BCUT2D eigenvalue weighted by Gasteiger charge is 2.29. The summed E-state index contributed by atoms with van der Waals surface area (Å²) >= 11 is 0. The Balaban J connectivity index is 2.66. The zero-order valence-corrected chi connectivity index (χ0v) is 10.2. The normalized spacial score (nSPS) is 13.5. The maximum atomic E-state index is 12.1. The maximum Gasteiger partial charge on any atom is 0.155 e. The Bertz CT molecular complexity index is 346. The minimum Gasteiger partial charge on any atom is -0.321 e. The van der Waals surface area contributed by atoms with Crippen molar-refractivity contribution in [1.29, 1.82) is 0 Å². The molecule has 0 aliphatic carbocycles. The molecule has 0 bridgehead atoms. The zero-order chi connectivity index (χ0) is 12.2. The first-order valence-corrected chi connectivity index (χ1v) is 5.66. The van der Waals surface area contributed by atoms with Gasteiger partial charge in [0, 0.05) is 17.8 Å². The van der Waals surface area contributed by atoms with Crippen LogP contribution in [0.4, 0.5) is 0 Å². The summed E-state index contributed by atoms with van der Waals surface area (Å²) in [5.74, 6) is 0.124. The molecule has 0 spiro atoms. The molecule has 0 amide bonds. The molecule has 0 fully saturated rings. The van der Waals surface area contributed by atoms with Crippen LogP contribution < -0.4 is 5.73 Å². The Labute approximate surface area is 97.1 Å². The number of hydrogen-bond acceptors (Lipinski definition) is 3. The highest BCUT2D eigenvalue weighted by molar-refractivity contribution is 5.89. The first-order valence-electron chi connectivity index (χ1n) is 5.66. The van der Waals surface area contributed by atoms with Crippen molar-refractivity contribution in [2.45, 2.75) is 39.7 Å². The van der Waals surface area contributed by atoms with E-state index < -0.39 is 6.04 Å². The van der Waals surface area contributed by atoms with Gasteiger partial charge in [0.25, 0.3) is 0 Å². The van der Waals surface area contributed by atoms with E-state index in [2.05, 4.69) is 4.98 Å². The van der Waals surface area contributed by atoms with Crippen LogP contribution in [0.5, 0.6) is 0 Å². The molecule has 0 aliphatic heterocycles. The van der Waals surface area contributed by atoms with Crippen molar-refractivity contribution < 1.29 is 4.79 Å². The van der Waals surface area contributed by atoms with E-state index in [9.17, 15) is 4.79 Å². The molecule has 1 atom stereocenters. The summed E-state index contributed by atoms with van der Waals surface area (Å²) in [5.41, 5.74) is 6.61. The second kappa shape index (κ2) is 5.21. The summed E-state index contributed by atoms with van der Waals surface area (Å²) in [6.07, 6.45) is 4.85. The van der Waals surface area contributed by atoms with E-state index in [4.69, 9.17) is 5.73 Å². The Morgan fingerprint density at radius 1 is 1.56 bits per heavy atom. The summed E-state index contributed by atoms with van der Waals surface area (Å²) in [4.78, 5) is 16.1. The maximum absolute atomic E-state index is 12.1. The number of nitrogens with zero attached hydrogens (tertiary/aromatic N) is 1. The van der Waals surface area contributed by atoms with Crippen molar-refractivity contribution in [2.75, 3.05) is 0 Å². The zero-order valence-electron chi connectivity index (χ0n) is 10.2. The van der Waals surface area contributed by atoms with E-state index in [1.807, 2.05) is 32.9 Å². The lowest BCUT2D eigenvalue weighted by atomic mass is 9.81. The van der Waals surface area contributed by atoms with E-state index in [0.29, 0.717) is 6.42 Å². The molecule has 0 aromatic carbocycles. The van der Waals surface area contributed by atoms with Crippen LogP contribution in [0, 0.1) is 5.41 Å². The monoisotopic (exact) mass is 220 g/mol. The lowest BCUT2D eigenvalue weighted by Crippen LogP contribution is -2.41. The number of ketones is 1. The summed E-state index contributed by atoms with van der Waals surface area (Å²) in [5, 5.41) is 0. The van der Waals surface area contributed by atoms with Crippen LogP contribution in [0.1, 0.15) is 32.8 Å². The van der Waals surface area contributed by atoms with Gasteiger partial charge in [-0.3, -0.25) is 9.78 Å². The molecule has 0 unspecified atom stereocenters. The molecule has 1 aromatic rings. The number of rotatable bonds is 5. The number of Topliss-reactive ketones (excluding diaryl/α,β-unsaturated/α-hetero) is 1. The van der Waals surface area contributed by atoms with Gasteiger partial charge in [-0.15, -0.1) is 0 Å². The second-order valence-electron chi connectivity index (χ2n) is 4.77. The Kier molecular flexibility index (Phi) is 4.19. The minimum absolute atomic E-state index is 0.124. The van der Waals surface area contributed by atoms with Crippen LogP contribution in [0.3, 0.4) is 0 Å². The standard InChI is InChI=1S/C13H20N2O/c1-4-13(2,3)12(16)11(14)8-10-6-5-7-15-9-10/h5-7,9,11H,4,8,14H2,1-3H3/t11-/m0/s1. The van der Waals surface area contributed by atoms with Gasteiger partial charge in [0.15, 0.2) is 5.78 Å². The molecule has 0 saturated carbocycles. The molecular weight excluding hydrogens is 200 g/mol. The van der Waals surface area contributed by atoms with E-state index in [-0.39, 0.29) is 11.2 Å². The van der Waals surface area contributed by atoms with Gasteiger partial charge in [-0.25, -0.2) is 0 Å². The minimum atomic E-state index is -0.431. The number of nitrogens with two attached hydrogens (primary N) is 1. The lowest BCUT2D eigenvalue weighted by Gasteiger charge is -2.24. The highest BCUT2D eigenvalue weighted by Crippen LogP contribution is 2.23. The number of carbonyl (C=O) groups is 1. The molecule has 88 valence electrons. The largest absolute Gasteiger partial charge is 0.321 e. The van der Waals surface area contributed by atoms with E-state index in [1.165, 1.54) is 0 Å². The van der Waals surface area contributed by atoms with Crippen LogP contribution in [-0.4, -0.2) is 16.8 Å². The van der Waals surface area contributed by atoms with Gasteiger partial charge < -0.3 is 5.73 Å². The number of carbonyl (C=O) groups excluding carboxylic acids is 1. The molecule has 1 rings (SSSR count). The molecule has 0 radical (unpaired) electrons. The SMILES string of the molecule is CCC(C)(C)C(=O)[C@@H](N)Cc1cccnc1. The summed E-state index contributed by atoms with van der Waals surface area (Å²) in [7, 11) is 0. The van der Waals surface area contributed by atoms with Gasteiger partial charge in [0.05, 0.1) is 6.04 Å². The van der Waals surface area contributed by atoms with Crippen molar-refractivity contribution in [1.82, 2.24) is 4.98 Å². The molecule has 0 saturated heterocycles. The quantitative estimate of drug-likeness (QED) is 0.825. The molecule has 0 aliphatic rings. The summed E-state index contributed by atoms with van der Waals surface area (Å²) in [6, 6.07) is 3.37. The van der Waals surface area contributed by atoms with Gasteiger partial charge in [-0.1, -0.05) is 26.8 Å². The summed E-state index contributed by atoms with van der Waals surface area (Å²) in [6.45, 7) is 5.89. The number of pyridine rings is 1. The fourth-order valence-corrected chi connectivity index (χ4v) is 1.54. The van der Waals surface area contributed by atoms with Crippen LogP contribution >= 0.6 is 0 Å². The second-order valence-corrected chi connectivity index (χ2v) is 4.77. The Morgan fingerprint density at radius 2 is 2.25 bits per heavy atom.